The largest absolute Gasteiger partial charge is 0.490 e. The maximum absolute atomic E-state index is 13.8. The molecule has 0 saturated carbocycles. The smallest absolute Gasteiger partial charge is 0.163 e. The normalized spacial score (nSPS) is 15.6. The first-order valence-electron chi connectivity index (χ1n) is 9.30. The molecule has 1 aliphatic heterocycles. The van der Waals surface area contributed by atoms with Gasteiger partial charge in [0.2, 0.25) is 0 Å². The molecule has 4 nitrogen and oxygen atoms in total. The van der Waals surface area contributed by atoms with Crippen molar-refractivity contribution in [3.63, 3.8) is 0 Å². The topological polar surface area (TPSA) is 35.4 Å². The van der Waals surface area contributed by atoms with Crippen LogP contribution in [0.2, 0.25) is 0 Å². The molecule has 140 valence electrons. The molecule has 0 radical (unpaired) electrons. The zero-order valence-electron chi connectivity index (χ0n) is 15.5. The summed E-state index contributed by atoms with van der Waals surface area (Å²) < 4.78 is 27.5. The van der Waals surface area contributed by atoms with Crippen LogP contribution in [-0.2, 0) is 6.54 Å². The van der Waals surface area contributed by atoms with Gasteiger partial charge in [0, 0.05) is 24.5 Å². The van der Waals surface area contributed by atoms with Gasteiger partial charge in [0.25, 0.3) is 0 Å². The number of halogens is 1. The second kappa shape index (κ2) is 7.45. The lowest BCUT2D eigenvalue weighted by Crippen LogP contribution is -2.21. The number of ether oxygens (including phenoxy) is 2. The van der Waals surface area contributed by atoms with Gasteiger partial charge in [0.15, 0.2) is 11.5 Å². The third kappa shape index (κ3) is 3.30. The summed E-state index contributed by atoms with van der Waals surface area (Å²) in [6.45, 7) is 5.72. The molecule has 4 rings (SSSR count). The van der Waals surface area contributed by atoms with E-state index >= 15 is 0 Å². The fourth-order valence-corrected chi connectivity index (χ4v) is 3.63. The van der Waals surface area contributed by atoms with Crippen molar-refractivity contribution in [2.24, 2.45) is 0 Å². The van der Waals surface area contributed by atoms with E-state index in [0.29, 0.717) is 19.8 Å². The van der Waals surface area contributed by atoms with Gasteiger partial charge in [-0.2, -0.15) is 0 Å². The van der Waals surface area contributed by atoms with Crippen LogP contribution in [0.3, 0.4) is 0 Å². The number of benzene rings is 2. The standard InChI is InChI=1S/C22H23FN2O2/c1-3-26-20-12-16-14-24-22(15-7-5-8-17(23)11-15)18-9-6-10-25(18)19(16)13-21(20)27-4-2/h5-13,22,24H,3-4,14H2,1-2H3/t22-/m0/s1. The molecule has 2 heterocycles. The zero-order valence-corrected chi connectivity index (χ0v) is 15.5. The third-order valence-electron chi connectivity index (χ3n) is 4.76. The number of hydrogen-bond acceptors (Lipinski definition) is 3. The number of nitrogens with zero attached hydrogens (tertiary/aromatic N) is 1. The van der Waals surface area contributed by atoms with Crippen molar-refractivity contribution in [3.8, 4) is 17.2 Å². The van der Waals surface area contributed by atoms with E-state index in [9.17, 15) is 4.39 Å². The molecule has 1 atom stereocenters. The maximum atomic E-state index is 13.8. The van der Waals surface area contributed by atoms with Crippen molar-refractivity contribution >= 4 is 0 Å². The van der Waals surface area contributed by atoms with Crippen molar-refractivity contribution < 1.29 is 13.9 Å². The fourth-order valence-electron chi connectivity index (χ4n) is 3.63. The van der Waals surface area contributed by atoms with E-state index in [4.69, 9.17) is 9.47 Å². The Kier molecular flexibility index (Phi) is 4.86. The molecule has 0 bridgehead atoms. The van der Waals surface area contributed by atoms with Crippen LogP contribution in [0, 0.1) is 5.82 Å². The highest BCUT2D eigenvalue weighted by atomic mass is 19.1. The van der Waals surface area contributed by atoms with E-state index in [2.05, 4.69) is 16.0 Å². The van der Waals surface area contributed by atoms with Crippen molar-refractivity contribution in [3.05, 3.63) is 77.4 Å². The zero-order chi connectivity index (χ0) is 18.8. The molecule has 1 aliphatic rings. The second-order valence-electron chi connectivity index (χ2n) is 6.47. The molecular weight excluding hydrogens is 343 g/mol. The summed E-state index contributed by atoms with van der Waals surface area (Å²) in [4.78, 5) is 0. The lowest BCUT2D eigenvalue weighted by Gasteiger charge is -2.18. The van der Waals surface area contributed by atoms with Gasteiger partial charge in [-0.25, -0.2) is 4.39 Å². The summed E-state index contributed by atoms with van der Waals surface area (Å²) in [5.41, 5.74) is 4.12. The van der Waals surface area contributed by atoms with Gasteiger partial charge >= 0.3 is 0 Å². The minimum atomic E-state index is -0.230. The van der Waals surface area contributed by atoms with Crippen molar-refractivity contribution in [2.45, 2.75) is 26.4 Å². The fraction of sp³-hybridized carbons (Fsp3) is 0.273. The minimum Gasteiger partial charge on any atom is -0.490 e. The highest BCUT2D eigenvalue weighted by Gasteiger charge is 2.24. The van der Waals surface area contributed by atoms with Crippen LogP contribution in [0.1, 0.15) is 36.7 Å². The third-order valence-corrected chi connectivity index (χ3v) is 4.76. The first-order chi connectivity index (χ1) is 13.2. The Morgan fingerprint density at radius 1 is 1.04 bits per heavy atom. The Morgan fingerprint density at radius 3 is 2.56 bits per heavy atom. The summed E-state index contributed by atoms with van der Waals surface area (Å²) >= 11 is 0. The Bertz CT molecular complexity index is 951. The van der Waals surface area contributed by atoms with Gasteiger partial charge in [0.1, 0.15) is 5.82 Å². The Hall–Kier alpha value is -2.79. The second-order valence-corrected chi connectivity index (χ2v) is 6.47. The molecule has 0 spiro atoms. The molecule has 27 heavy (non-hydrogen) atoms. The molecule has 3 aromatic rings. The van der Waals surface area contributed by atoms with E-state index in [1.165, 1.54) is 6.07 Å². The molecule has 0 amide bonds. The van der Waals surface area contributed by atoms with Crippen molar-refractivity contribution in [1.29, 1.82) is 0 Å². The maximum Gasteiger partial charge on any atom is 0.163 e. The Balaban J connectivity index is 1.82. The van der Waals surface area contributed by atoms with Crippen LogP contribution in [0.4, 0.5) is 4.39 Å². The van der Waals surface area contributed by atoms with E-state index in [1.807, 2.05) is 44.3 Å². The monoisotopic (exact) mass is 366 g/mol. The molecule has 0 saturated heterocycles. The highest BCUT2D eigenvalue weighted by molar-refractivity contribution is 5.56. The van der Waals surface area contributed by atoms with Gasteiger partial charge in [-0.15, -0.1) is 0 Å². The summed E-state index contributed by atoms with van der Waals surface area (Å²) in [6, 6.07) is 14.8. The average Bonchev–Trinajstić information content (AvgIpc) is 3.08. The van der Waals surface area contributed by atoms with Crippen LogP contribution in [-0.4, -0.2) is 17.8 Å². The number of aromatic nitrogens is 1. The average molecular weight is 366 g/mol. The van der Waals surface area contributed by atoms with E-state index in [1.54, 1.807) is 12.1 Å². The lowest BCUT2D eigenvalue weighted by molar-refractivity contribution is 0.287. The van der Waals surface area contributed by atoms with Gasteiger partial charge in [-0.1, -0.05) is 12.1 Å². The van der Waals surface area contributed by atoms with Gasteiger partial charge < -0.3 is 19.4 Å². The lowest BCUT2D eigenvalue weighted by atomic mass is 10.0. The van der Waals surface area contributed by atoms with E-state index in [0.717, 1.165) is 34.0 Å². The Morgan fingerprint density at radius 2 is 1.81 bits per heavy atom. The molecule has 1 N–H and O–H groups in total. The summed E-state index contributed by atoms with van der Waals surface area (Å²) in [5.74, 6) is 1.26. The molecule has 0 fully saturated rings. The SMILES string of the molecule is CCOc1cc2c(cc1OCC)-n1cccc1[C@H](c1cccc(F)c1)NC2. The summed E-state index contributed by atoms with van der Waals surface area (Å²) in [5, 5.41) is 3.56. The summed E-state index contributed by atoms with van der Waals surface area (Å²) in [6.07, 6.45) is 2.03. The van der Waals surface area contributed by atoms with E-state index in [-0.39, 0.29) is 11.9 Å². The molecule has 2 aromatic carbocycles. The first kappa shape index (κ1) is 17.6. The highest BCUT2D eigenvalue weighted by Crippen LogP contribution is 2.37. The van der Waals surface area contributed by atoms with E-state index < -0.39 is 0 Å². The number of fused-ring (bicyclic) bond motifs is 3. The van der Waals surface area contributed by atoms with Gasteiger partial charge in [-0.3, -0.25) is 0 Å². The predicted octanol–water partition coefficient (Wildman–Crippen LogP) is 4.61. The van der Waals surface area contributed by atoms with Crippen LogP contribution in [0.15, 0.2) is 54.7 Å². The number of rotatable bonds is 5. The molecular formula is C22H23FN2O2. The van der Waals surface area contributed by atoms with Crippen LogP contribution in [0.25, 0.3) is 5.69 Å². The van der Waals surface area contributed by atoms with Crippen LogP contribution in [0.5, 0.6) is 11.5 Å². The predicted molar refractivity (Wildman–Crippen MR) is 103 cm³/mol. The van der Waals surface area contributed by atoms with Crippen molar-refractivity contribution in [1.82, 2.24) is 9.88 Å². The molecule has 0 unspecified atom stereocenters. The van der Waals surface area contributed by atoms with Crippen LogP contribution < -0.4 is 14.8 Å². The number of hydrogen-bond donors (Lipinski definition) is 1. The summed E-state index contributed by atoms with van der Waals surface area (Å²) in [7, 11) is 0. The Labute approximate surface area is 158 Å². The molecule has 1 aromatic heterocycles. The quantitative estimate of drug-likeness (QED) is 0.716. The van der Waals surface area contributed by atoms with Gasteiger partial charge in [0.05, 0.1) is 24.9 Å². The minimum absolute atomic E-state index is 0.103. The molecule has 0 aliphatic carbocycles. The number of nitrogens with one attached hydrogen (secondary N) is 1. The first-order valence-corrected chi connectivity index (χ1v) is 9.30. The van der Waals surface area contributed by atoms with Crippen LogP contribution >= 0.6 is 0 Å². The van der Waals surface area contributed by atoms with Crippen molar-refractivity contribution in [2.75, 3.05) is 13.2 Å². The van der Waals surface area contributed by atoms with Gasteiger partial charge in [-0.05, 0) is 55.3 Å². The molecule has 5 heteroatoms.